The van der Waals surface area contributed by atoms with Crippen molar-refractivity contribution in [1.29, 1.82) is 0 Å². The molecule has 0 bridgehead atoms. The van der Waals surface area contributed by atoms with E-state index < -0.39 is 0 Å². The van der Waals surface area contributed by atoms with Gasteiger partial charge in [0, 0.05) is 6.54 Å². The number of carbonyl (C=O) groups is 1. The maximum Gasteiger partial charge on any atom is 0.266 e. The van der Waals surface area contributed by atoms with Crippen LogP contribution in [0.25, 0.3) is 6.08 Å². The minimum Gasteiger partial charge on any atom is -0.493 e. The fourth-order valence-electron chi connectivity index (χ4n) is 2.01. The van der Waals surface area contributed by atoms with Crippen LogP contribution >= 0.6 is 24.0 Å². The Kier molecular flexibility index (Phi) is 5.25. The number of thioether (sulfide) groups is 1. The van der Waals surface area contributed by atoms with Gasteiger partial charge in [-0.25, -0.2) is 0 Å². The molecule has 0 aliphatic carbocycles. The number of rotatable bonds is 5. The summed E-state index contributed by atoms with van der Waals surface area (Å²) in [6, 6.07) is 5.54. The van der Waals surface area contributed by atoms with Crippen LogP contribution in [-0.4, -0.2) is 35.9 Å². The molecule has 6 heteroatoms. The van der Waals surface area contributed by atoms with Crippen molar-refractivity contribution in [3.8, 4) is 11.5 Å². The summed E-state index contributed by atoms with van der Waals surface area (Å²) in [5, 5.41) is 0. The van der Waals surface area contributed by atoms with Gasteiger partial charge in [-0.1, -0.05) is 37.0 Å². The fourth-order valence-corrected chi connectivity index (χ4v) is 3.32. The maximum atomic E-state index is 12.3. The van der Waals surface area contributed by atoms with Gasteiger partial charge in [0.15, 0.2) is 11.5 Å². The van der Waals surface area contributed by atoms with Crippen LogP contribution in [-0.2, 0) is 4.79 Å². The van der Waals surface area contributed by atoms with Gasteiger partial charge in [-0.2, -0.15) is 0 Å². The highest BCUT2D eigenvalue weighted by Crippen LogP contribution is 2.34. The van der Waals surface area contributed by atoms with Crippen molar-refractivity contribution in [3.05, 3.63) is 28.7 Å². The minimum absolute atomic E-state index is 0.0263. The smallest absolute Gasteiger partial charge is 0.266 e. The summed E-state index contributed by atoms with van der Waals surface area (Å²) in [6.07, 6.45) is 2.72. The van der Waals surface area contributed by atoms with Gasteiger partial charge in [-0.15, -0.1) is 0 Å². The Labute approximate surface area is 134 Å². The predicted octanol–water partition coefficient (Wildman–Crippen LogP) is 3.32. The zero-order valence-corrected chi connectivity index (χ0v) is 13.8. The molecule has 1 aliphatic heterocycles. The molecular weight excluding hydrogens is 306 g/mol. The molecule has 1 fully saturated rings. The summed E-state index contributed by atoms with van der Waals surface area (Å²) < 4.78 is 11.1. The number of benzene rings is 1. The first-order chi connectivity index (χ1) is 10.1. The third-order valence-electron chi connectivity index (χ3n) is 3.03. The van der Waals surface area contributed by atoms with E-state index in [1.54, 1.807) is 19.1 Å². The first-order valence-corrected chi connectivity index (χ1v) is 7.80. The third-order valence-corrected chi connectivity index (χ3v) is 4.40. The van der Waals surface area contributed by atoms with E-state index in [0.717, 1.165) is 12.0 Å². The summed E-state index contributed by atoms with van der Waals surface area (Å²) in [5.41, 5.74) is 0.879. The number of methoxy groups -OCH3 is 2. The van der Waals surface area contributed by atoms with Gasteiger partial charge in [0.2, 0.25) is 0 Å². The van der Waals surface area contributed by atoms with Crippen LogP contribution in [0.3, 0.4) is 0 Å². The first kappa shape index (κ1) is 15.9. The van der Waals surface area contributed by atoms with Crippen LogP contribution in [0.4, 0.5) is 0 Å². The molecule has 21 heavy (non-hydrogen) atoms. The molecule has 1 aromatic rings. The van der Waals surface area contributed by atoms with Crippen molar-refractivity contribution in [1.82, 2.24) is 4.90 Å². The summed E-state index contributed by atoms with van der Waals surface area (Å²) in [5.74, 6) is 1.27. The molecule has 1 amide bonds. The largest absolute Gasteiger partial charge is 0.493 e. The van der Waals surface area contributed by atoms with E-state index in [0.29, 0.717) is 27.3 Å². The van der Waals surface area contributed by atoms with Crippen LogP contribution in [0.5, 0.6) is 11.5 Å². The number of carbonyl (C=O) groups excluding carboxylic acids is 1. The van der Waals surface area contributed by atoms with Gasteiger partial charge in [-0.3, -0.25) is 9.69 Å². The van der Waals surface area contributed by atoms with Crippen LogP contribution in [0, 0.1) is 0 Å². The molecule has 4 nitrogen and oxygen atoms in total. The monoisotopic (exact) mass is 323 g/mol. The quantitative estimate of drug-likeness (QED) is 0.614. The molecule has 1 heterocycles. The standard InChI is InChI=1S/C15H17NO3S2/c1-4-7-16-14(17)13(21-15(16)20)9-10-5-6-11(18-2)12(8-10)19-3/h5-6,8-9H,4,7H2,1-3H3/b13-9-. The molecular formula is C15H17NO3S2. The average molecular weight is 323 g/mol. The molecule has 1 saturated heterocycles. The Hall–Kier alpha value is -1.53. The molecule has 0 spiro atoms. The molecule has 0 aromatic heterocycles. The first-order valence-electron chi connectivity index (χ1n) is 6.58. The summed E-state index contributed by atoms with van der Waals surface area (Å²) in [4.78, 5) is 14.6. The number of nitrogens with zero attached hydrogens (tertiary/aromatic N) is 1. The van der Waals surface area contributed by atoms with Gasteiger partial charge in [0.1, 0.15) is 4.32 Å². The average Bonchev–Trinajstić information content (AvgIpc) is 2.75. The molecule has 0 N–H and O–H groups in total. The lowest BCUT2D eigenvalue weighted by atomic mass is 10.2. The van der Waals surface area contributed by atoms with Gasteiger partial charge >= 0.3 is 0 Å². The number of thiocarbonyl (C=S) groups is 1. The molecule has 1 aromatic carbocycles. The normalized spacial score (nSPS) is 16.7. The third kappa shape index (κ3) is 3.39. The summed E-state index contributed by atoms with van der Waals surface area (Å²) >= 11 is 6.58. The molecule has 0 unspecified atom stereocenters. The highest BCUT2D eigenvalue weighted by Gasteiger charge is 2.31. The number of amides is 1. The lowest BCUT2D eigenvalue weighted by Crippen LogP contribution is -2.28. The van der Waals surface area contributed by atoms with Gasteiger partial charge < -0.3 is 9.47 Å². The van der Waals surface area contributed by atoms with Crippen molar-refractivity contribution < 1.29 is 14.3 Å². The van der Waals surface area contributed by atoms with Crippen LogP contribution < -0.4 is 9.47 Å². The summed E-state index contributed by atoms with van der Waals surface area (Å²) in [6.45, 7) is 2.69. The second kappa shape index (κ2) is 6.95. The fraction of sp³-hybridized carbons (Fsp3) is 0.333. The minimum atomic E-state index is -0.0263. The van der Waals surface area contributed by atoms with Crippen molar-refractivity contribution in [2.75, 3.05) is 20.8 Å². The zero-order chi connectivity index (χ0) is 15.4. The Balaban J connectivity index is 2.28. The predicted molar refractivity (Wildman–Crippen MR) is 89.7 cm³/mol. The Bertz CT molecular complexity index is 599. The van der Waals surface area contributed by atoms with E-state index >= 15 is 0 Å². The van der Waals surface area contributed by atoms with Crippen LogP contribution in [0.15, 0.2) is 23.1 Å². The zero-order valence-electron chi connectivity index (χ0n) is 12.2. The van der Waals surface area contributed by atoms with E-state index in [9.17, 15) is 4.79 Å². The Morgan fingerprint density at radius 1 is 1.29 bits per heavy atom. The van der Waals surface area contributed by atoms with Crippen LogP contribution in [0.1, 0.15) is 18.9 Å². The van der Waals surface area contributed by atoms with E-state index in [1.165, 1.54) is 11.8 Å². The Morgan fingerprint density at radius 3 is 2.62 bits per heavy atom. The lowest BCUT2D eigenvalue weighted by molar-refractivity contribution is -0.122. The van der Waals surface area contributed by atoms with Gasteiger partial charge in [0.25, 0.3) is 5.91 Å². The van der Waals surface area contributed by atoms with E-state index in [2.05, 4.69) is 0 Å². The van der Waals surface area contributed by atoms with Crippen molar-refractivity contribution in [2.45, 2.75) is 13.3 Å². The van der Waals surface area contributed by atoms with E-state index in [1.807, 2.05) is 31.2 Å². The molecule has 0 saturated carbocycles. The highest BCUT2D eigenvalue weighted by atomic mass is 32.2. The van der Waals surface area contributed by atoms with Gasteiger partial charge in [0.05, 0.1) is 19.1 Å². The maximum absolute atomic E-state index is 12.3. The molecule has 112 valence electrons. The summed E-state index contributed by atoms with van der Waals surface area (Å²) in [7, 11) is 3.18. The number of ether oxygens (including phenoxy) is 2. The number of hydrogen-bond donors (Lipinski definition) is 0. The molecule has 0 radical (unpaired) electrons. The van der Waals surface area contributed by atoms with Crippen LogP contribution in [0.2, 0.25) is 0 Å². The highest BCUT2D eigenvalue weighted by molar-refractivity contribution is 8.26. The van der Waals surface area contributed by atoms with Gasteiger partial charge in [-0.05, 0) is 30.2 Å². The van der Waals surface area contributed by atoms with Crippen molar-refractivity contribution in [2.24, 2.45) is 0 Å². The lowest BCUT2D eigenvalue weighted by Gasteiger charge is -2.12. The topological polar surface area (TPSA) is 38.8 Å². The van der Waals surface area contributed by atoms with Crippen molar-refractivity contribution >= 4 is 40.3 Å². The molecule has 1 aliphatic rings. The van der Waals surface area contributed by atoms with Crippen molar-refractivity contribution in [3.63, 3.8) is 0 Å². The number of hydrogen-bond acceptors (Lipinski definition) is 5. The van der Waals surface area contributed by atoms with E-state index in [4.69, 9.17) is 21.7 Å². The SMILES string of the molecule is CCCN1C(=O)/C(=C/c2ccc(OC)c(OC)c2)SC1=S. The second-order valence-electron chi connectivity index (χ2n) is 4.45. The van der Waals surface area contributed by atoms with E-state index in [-0.39, 0.29) is 5.91 Å². The second-order valence-corrected chi connectivity index (χ2v) is 6.12. The molecule has 2 rings (SSSR count). The molecule has 0 atom stereocenters. The Morgan fingerprint density at radius 2 is 2.00 bits per heavy atom.